The van der Waals surface area contributed by atoms with Crippen LogP contribution in [0.3, 0.4) is 0 Å². The van der Waals surface area contributed by atoms with Crippen molar-refractivity contribution in [3.05, 3.63) is 29.8 Å². The Morgan fingerprint density at radius 3 is 2.86 bits per heavy atom. The maximum absolute atomic E-state index is 12.3. The van der Waals surface area contributed by atoms with Crippen molar-refractivity contribution in [3.63, 3.8) is 0 Å². The van der Waals surface area contributed by atoms with Gasteiger partial charge < -0.3 is 11.1 Å². The molecule has 0 aromatic heterocycles. The van der Waals surface area contributed by atoms with Crippen molar-refractivity contribution < 1.29 is 9.59 Å². The highest BCUT2D eigenvalue weighted by Gasteiger charge is 2.29. The van der Waals surface area contributed by atoms with Crippen LogP contribution in [0.15, 0.2) is 24.3 Å². The fourth-order valence-corrected chi connectivity index (χ4v) is 2.73. The van der Waals surface area contributed by atoms with E-state index in [0.29, 0.717) is 6.54 Å². The fraction of sp³-hybridized carbons (Fsp3) is 0.500. The van der Waals surface area contributed by atoms with Crippen LogP contribution in [-0.4, -0.2) is 35.8 Å². The first kappa shape index (κ1) is 15.5. The predicted octanol–water partition coefficient (Wildman–Crippen LogP) is 1.52. The van der Waals surface area contributed by atoms with Crippen molar-refractivity contribution in [1.82, 2.24) is 4.90 Å². The van der Waals surface area contributed by atoms with Gasteiger partial charge in [0.05, 0.1) is 12.0 Å². The molecule has 0 saturated carbocycles. The summed E-state index contributed by atoms with van der Waals surface area (Å²) in [6.07, 6.45) is 1.72. The fourth-order valence-electron chi connectivity index (χ4n) is 2.73. The van der Waals surface area contributed by atoms with E-state index in [-0.39, 0.29) is 23.8 Å². The van der Waals surface area contributed by atoms with Gasteiger partial charge >= 0.3 is 0 Å². The standard InChI is InChI=1S/C16H23N3O2/c1-11-5-3-7-14(9-11)18-16(21)12(2)19-8-4-6-13(10-19)15(17)20/h3,5,7,9,12-13H,4,6,8,10H2,1-2H3,(H2,17,20)(H,18,21)/t12-,13+/m1/s1. The molecule has 0 unspecified atom stereocenters. The molecule has 1 aromatic carbocycles. The van der Waals surface area contributed by atoms with E-state index in [1.165, 1.54) is 0 Å². The molecule has 5 nitrogen and oxygen atoms in total. The number of carbonyl (C=O) groups is 2. The normalized spacial score (nSPS) is 20.8. The van der Waals surface area contributed by atoms with Crippen LogP contribution < -0.4 is 11.1 Å². The molecule has 3 N–H and O–H groups in total. The van der Waals surface area contributed by atoms with Gasteiger partial charge in [0.25, 0.3) is 0 Å². The molecular weight excluding hydrogens is 266 g/mol. The molecule has 1 aliphatic heterocycles. The number of anilines is 1. The van der Waals surface area contributed by atoms with E-state index >= 15 is 0 Å². The van der Waals surface area contributed by atoms with Gasteiger partial charge in [-0.2, -0.15) is 0 Å². The topological polar surface area (TPSA) is 75.4 Å². The number of rotatable bonds is 4. The van der Waals surface area contributed by atoms with E-state index in [9.17, 15) is 9.59 Å². The number of amides is 2. The lowest BCUT2D eigenvalue weighted by atomic mass is 9.96. The number of nitrogens with two attached hydrogens (primary N) is 1. The lowest BCUT2D eigenvalue weighted by molar-refractivity contribution is -0.127. The minimum atomic E-state index is -0.272. The van der Waals surface area contributed by atoms with Gasteiger partial charge in [0.2, 0.25) is 11.8 Å². The monoisotopic (exact) mass is 289 g/mol. The van der Waals surface area contributed by atoms with Crippen LogP contribution in [0.5, 0.6) is 0 Å². The number of primary amides is 1. The number of hydrogen-bond donors (Lipinski definition) is 2. The third kappa shape index (κ3) is 4.04. The number of carbonyl (C=O) groups excluding carboxylic acids is 2. The minimum absolute atomic E-state index is 0.0503. The summed E-state index contributed by atoms with van der Waals surface area (Å²) in [5.41, 5.74) is 7.28. The highest BCUT2D eigenvalue weighted by Crippen LogP contribution is 2.19. The summed E-state index contributed by atoms with van der Waals surface area (Å²) in [6, 6.07) is 7.45. The minimum Gasteiger partial charge on any atom is -0.369 e. The molecule has 0 aliphatic carbocycles. The molecule has 114 valence electrons. The largest absolute Gasteiger partial charge is 0.369 e. The third-order valence-electron chi connectivity index (χ3n) is 4.07. The molecule has 5 heteroatoms. The number of hydrogen-bond acceptors (Lipinski definition) is 3. The van der Waals surface area contributed by atoms with E-state index in [0.717, 1.165) is 30.6 Å². The zero-order valence-corrected chi connectivity index (χ0v) is 12.6. The summed E-state index contributed by atoms with van der Waals surface area (Å²) in [6.45, 7) is 5.25. The Kier molecular flexibility index (Phi) is 4.96. The number of piperidine rings is 1. The smallest absolute Gasteiger partial charge is 0.241 e. The maximum Gasteiger partial charge on any atom is 0.241 e. The van der Waals surface area contributed by atoms with Crippen LogP contribution in [0.25, 0.3) is 0 Å². The van der Waals surface area contributed by atoms with Crippen LogP contribution in [-0.2, 0) is 9.59 Å². The average molecular weight is 289 g/mol. The second-order valence-corrected chi connectivity index (χ2v) is 5.77. The molecule has 2 rings (SSSR count). The van der Waals surface area contributed by atoms with Crippen LogP contribution in [0, 0.1) is 12.8 Å². The SMILES string of the molecule is Cc1cccc(NC(=O)[C@@H](C)N2CCC[C@H](C(N)=O)C2)c1. The Bertz CT molecular complexity index is 530. The zero-order chi connectivity index (χ0) is 15.4. The Morgan fingerprint density at radius 1 is 1.43 bits per heavy atom. The van der Waals surface area contributed by atoms with Gasteiger partial charge in [-0.05, 0) is 50.9 Å². The first-order chi connectivity index (χ1) is 9.97. The lowest BCUT2D eigenvalue weighted by Gasteiger charge is -2.34. The van der Waals surface area contributed by atoms with Crippen molar-refractivity contribution in [2.24, 2.45) is 11.7 Å². The molecular formula is C16H23N3O2. The number of nitrogens with one attached hydrogen (secondary N) is 1. The molecule has 0 spiro atoms. The van der Waals surface area contributed by atoms with E-state index in [2.05, 4.69) is 5.32 Å². The van der Waals surface area contributed by atoms with Crippen LogP contribution >= 0.6 is 0 Å². The molecule has 2 amide bonds. The molecule has 1 heterocycles. The van der Waals surface area contributed by atoms with Gasteiger partial charge in [-0.25, -0.2) is 0 Å². The van der Waals surface area contributed by atoms with Gasteiger partial charge in [-0.15, -0.1) is 0 Å². The predicted molar refractivity (Wildman–Crippen MR) is 82.8 cm³/mol. The first-order valence-electron chi connectivity index (χ1n) is 7.38. The van der Waals surface area contributed by atoms with Crippen molar-refractivity contribution in [2.45, 2.75) is 32.7 Å². The molecule has 0 bridgehead atoms. The highest BCUT2D eigenvalue weighted by atomic mass is 16.2. The molecule has 1 aliphatic rings. The Labute approximate surface area is 125 Å². The summed E-state index contributed by atoms with van der Waals surface area (Å²) in [5.74, 6) is -0.468. The summed E-state index contributed by atoms with van der Waals surface area (Å²) in [5, 5.41) is 2.93. The Balaban J connectivity index is 1.97. The summed E-state index contributed by atoms with van der Waals surface area (Å²) in [7, 11) is 0. The molecule has 0 radical (unpaired) electrons. The van der Waals surface area contributed by atoms with E-state index in [1.54, 1.807) is 0 Å². The maximum atomic E-state index is 12.3. The molecule has 21 heavy (non-hydrogen) atoms. The van der Waals surface area contributed by atoms with Gasteiger partial charge in [0.15, 0.2) is 0 Å². The second kappa shape index (κ2) is 6.72. The Morgan fingerprint density at radius 2 is 2.19 bits per heavy atom. The lowest BCUT2D eigenvalue weighted by Crippen LogP contribution is -2.49. The zero-order valence-electron chi connectivity index (χ0n) is 12.6. The van der Waals surface area contributed by atoms with Crippen LogP contribution in [0.2, 0.25) is 0 Å². The van der Waals surface area contributed by atoms with E-state index in [1.807, 2.05) is 43.0 Å². The number of aryl methyl sites for hydroxylation is 1. The quantitative estimate of drug-likeness (QED) is 0.882. The van der Waals surface area contributed by atoms with Crippen molar-refractivity contribution >= 4 is 17.5 Å². The Hall–Kier alpha value is -1.88. The summed E-state index contributed by atoms with van der Waals surface area (Å²) < 4.78 is 0. The summed E-state index contributed by atoms with van der Waals surface area (Å²) in [4.78, 5) is 25.7. The van der Waals surface area contributed by atoms with Gasteiger partial charge in [0, 0.05) is 12.2 Å². The van der Waals surface area contributed by atoms with Gasteiger partial charge in [-0.3, -0.25) is 14.5 Å². The van der Waals surface area contributed by atoms with Crippen LogP contribution in [0.4, 0.5) is 5.69 Å². The molecule has 1 aromatic rings. The molecule has 1 saturated heterocycles. The van der Waals surface area contributed by atoms with Gasteiger partial charge in [-0.1, -0.05) is 12.1 Å². The number of likely N-dealkylation sites (tertiary alicyclic amines) is 1. The highest BCUT2D eigenvalue weighted by molar-refractivity contribution is 5.94. The average Bonchev–Trinajstić information content (AvgIpc) is 2.46. The van der Waals surface area contributed by atoms with E-state index in [4.69, 9.17) is 5.73 Å². The van der Waals surface area contributed by atoms with Crippen molar-refractivity contribution in [3.8, 4) is 0 Å². The number of benzene rings is 1. The summed E-state index contributed by atoms with van der Waals surface area (Å²) >= 11 is 0. The van der Waals surface area contributed by atoms with Crippen molar-refractivity contribution in [1.29, 1.82) is 0 Å². The third-order valence-corrected chi connectivity index (χ3v) is 4.07. The van der Waals surface area contributed by atoms with Crippen LogP contribution in [0.1, 0.15) is 25.3 Å². The van der Waals surface area contributed by atoms with Crippen molar-refractivity contribution in [2.75, 3.05) is 18.4 Å². The molecule has 1 fully saturated rings. The second-order valence-electron chi connectivity index (χ2n) is 5.77. The van der Waals surface area contributed by atoms with Gasteiger partial charge in [0.1, 0.15) is 0 Å². The number of nitrogens with zero attached hydrogens (tertiary/aromatic N) is 1. The van der Waals surface area contributed by atoms with E-state index < -0.39 is 0 Å². The molecule has 2 atom stereocenters. The first-order valence-corrected chi connectivity index (χ1v) is 7.38.